The first-order chi connectivity index (χ1) is 14.4. The van der Waals surface area contributed by atoms with E-state index in [2.05, 4.69) is 17.3 Å². The molecule has 2 aliphatic carbocycles. The lowest BCUT2D eigenvalue weighted by atomic mass is 9.48. The minimum absolute atomic E-state index is 0. The summed E-state index contributed by atoms with van der Waals surface area (Å²) < 4.78 is 12.8. The second-order valence-corrected chi connectivity index (χ2v) is 8.74. The van der Waals surface area contributed by atoms with Crippen LogP contribution < -0.4 is 10.1 Å². The molecule has 10 heteroatoms. The summed E-state index contributed by atoms with van der Waals surface area (Å²) in [6.45, 7) is 2.76. The number of aliphatic carboxylic acids is 1. The van der Waals surface area contributed by atoms with Crippen LogP contribution in [-0.2, 0) is 21.4 Å². The van der Waals surface area contributed by atoms with Crippen LogP contribution in [0.1, 0.15) is 37.3 Å². The van der Waals surface area contributed by atoms with Crippen molar-refractivity contribution in [3.63, 3.8) is 0 Å². The number of piperidine rings is 1. The quantitative estimate of drug-likeness (QED) is 0.502. The van der Waals surface area contributed by atoms with Gasteiger partial charge in [-0.1, -0.05) is 6.07 Å². The lowest BCUT2D eigenvalue weighted by molar-refractivity contribution is -0.203. The number of nitrogens with one attached hydrogen (secondary N) is 1. The topological polar surface area (TPSA) is 111 Å². The van der Waals surface area contributed by atoms with Crippen LogP contribution >= 0.6 is 24.8 Å². The van der Waals surface area contributed by atoms with Crippen molar-refractivity contribution < 1.29 is 29.6 Å². The van der Waals surface area contributed by atoms with Crippen molar-refractivity contribution in [2.75, 3.05) is 33.9 Å². The summed E-state index contributed by atoms with van der Waals surface area (Å²) in [5.41, 5.74) is 1.56. The zero-order chi connectivity index (χ0) is 21.7. The van der Waals surface area contributed by atoms with E-state index in [1.807, 2.05) is 6.07 Å². The SMILES string of the molecule is CCO.CO[C@@]12CC[C@@H](NCC(=O)O)[C@@H]3Oc4c(O)ccc5c4C31CCN(C)C2C5.Cl.Cl. The molecular weight excluding hydrogens is 459 g/mol. The molecule has 2 fully saturated rings. The standard InChI is InChI=1S/C20H26N2O5.C2H6O.2ClH/c1-22-8-7-19-16-11-3-4-13(23)17(16)27-18(19)12(21-10-15(24)25)5-6-20(19,26-2)14(22)9-11;1-2-3;;/h3-4,12,14,18,21,23H,5-10H2,1-2H3,(H,24,25);3H,2H2,1H3;2*1H/t12-,14?,18+,19?,20-;;;/m1.../s1. The minimum atomic E-state index is -0.875. The summed E-state index contributed by atoms with van der Waals surface area (Å²) in [6.07, 6.45) is 3.11. The zero-order valence-electron chi connectivity index (χ0n) is 18.7. The van der Waals surface area contributed by atoms with Crippen LogP contribution in [0.5, 0.6) is 11.5 Å². The Labute approximate surface area is 201 Å². The van der Waals surface area contributed by atoms with Crippen LogP contribution in [-0.4, -0.2) is 83.8 Å². The summed E-state index contributed by atoms with van der Waals surface area (Å²) in [5, 5.41) is 30.4. The van der Waals surface area contributed by atoms with Crippen LogP contribution in [0, 0.1) is 0 Å². The van der Waals surface area contributed by atoms with Crippen LogP contribution in [0.25, 0.3) is 0 Å². The Kier molecular flexibility index (Phi) is 8.35. The Balaban J connectivity index is 0.000000690. The maximum absolute atomic E-state index is 11.1. The Bertz CT molecular complexity index is 843. The van der Waals surface area contributed by atoms with E-state index in [1.54, 1.807) is 20.1 Å². The highest BCUT2D eigenvalue weighted by molar-refractivity contribution is 5.85. The predicted octanol–water partition coefficient (Wildman–Crippen LogP) is 1.72. The Morgan fingerprint density at radius 3 is 2.66 bits per heavy atom. The number of aromatic hydroxyl groups is 1. The van der Waals surface area contributed by atoms with Gasteiger partial charge in [0.1, 0.15) is 6.10 Å². The number of likely N-dealkylation sites (tertiary alicyclic amines) is 1. The average molecular weight is 493 g/mol. The highest BCUT2D eigenvalue weighted by atomic mass is 35.5. The molecule has 2 unspecified atom stereocenters. The third-order valence-corrected chi connectivity index (χ3v) is 7.57. The number of carboxylic acids is 1. The van der Waals surface area contributed by atoms with Gasteiger partial charge >= 0.3 is 5.97 Å². The molecule has 32 heavy (non-hydrogen) atoms. The fourth-order valence-electron chi connectivity index (χ4n) is 6.57. The number of halogens is 2. The summed E-state index contributed by atoms with van der Waals surface area (Å²) in [7, 11) is 3.95. The molecule has 2 aliphatic heterocycles. The van der Waals surface area contributed by atoms with Crippen molar-refractivity contribution in [2.24, 2.45) is 0 Å². The molecule has 1 aromatic rings. The van der Waals surface area contributed by atoms with Crippen molar-refractivity contribution in [2.45, 2.75) is 61.8 Å². The van der Waals surface area contributed by atoms with Gasteiger partial charge in [-0.2, -0.15) is 0 Å². The average Bonchev–Trinajstić information content (AvgIpc) is 3.07. The molecule has 2 bridgehead atoms. The van der Waals surface area contributed by atoms with Crippen molar-refractivity contribution in [1.82, 2.24) is 10.2 Å². The van der Waals surface area contributed by atoms with Gasteiger partial charge in [0.25, 0.3) is 0 Å². The first-order valence-corrected chi connectivity index (χ1v) is 10.7. The summed E-state index contributed by atoms with van der Waals surface area (Å²) in [6, 6.07) is 3.89. The molecule has 8 nitrogen and oxygen atoms in total. The van der Waals surface area contributed by atoms with Crippen molar-refractivity contribution in [1.29, 1.82) is 0 Å². The van der Waals surface area contributed by atoms with Crippen molar-refractivity contribution in [3.05, 3.63) is 23.3 Å². The number of phenolic OH excluding ortho intramolecular Hbond substituents is 1. The Morgan fingerprint density at radius 1 is 1.34 bits per heavy atom. The molecule has 182 valence electrons. The lowest BCUT2D eigenvalue weighted by Crippen LogP contribution is -2.78. The number of methoxy groups -OCH3 is 1. The molecule has 1 spiro atoms. The first kappa shape index (κ1) is 27.0. The summed E-state index contributed by atoms with van der Waals surface area (Å²) in [5.74, 6) is -0.136. The third-order valence-electron chi connectivity index (χ3n) is 7.57. The lowest BCUT2D eigenvalue weighted by Gasteiger charge is -2.65. The number of benzene rings is 1. The second kappa shape index (κ2) is 9.91. The third kappa shape index (κ3) is 3.56. The summed E-state index contributed by atoms with van der Waals surface area (Å²) in [4.78, 5) is 13.5. The number of rotatable bonds is 4. The number of ether oxygens (including phenoxy) is 2. The maximum atomic E-state index is 11.1. The van der Waals surface area contributed by atoms with Gasteiger partial charge in [0, 0.05) is 31.4 Å². The maximum Gasteiger partial charge on any atom is 0.317 e. The largest absolute Gasteiger partial charge is 0.504 e. The highest BCUT2D eigenvalue weighted by Gasteiger charge is 2.73. The molecule has 4 N–H and O–H groups in total. The number of aliphatic hydroxyl groups is 1. The van der Waals surface area contributed by atoms with Crippen LogP contribution in [0.2, 0.25) is 0 Å². The fourth-order valence-corrected chi connectivity index (χ4v) is 6.57. The number of phenols is 1. The van der Waals surface area contributed by atoms with E-state index in [0.29, 0.717) is 5.75 Å². The van der Waals surface area contributed by atoms with Gasteiger partial charge in [-0.25, -0.2) is 0 Å². The van der Waals surface area contributed by atoms with Crippen LogP contribution in [0.4, 0.5) is 0 Å². The molecule has 0 aromatic heterocycles. The van der Waals surface area contributed by atoms with Crippen molar-refractivity contribution in [3.8, 4) is 11.5 Å². The molecule has 1 aromatic carbocycles. The molecule has 2 heterocycles. The first-order valence-electron chi connectivity index (χ1n) is 10.7. The van der Waals surface area contributed by atoms with E-state index in [1.165, 1.54) is 5.56 Å². The number of likely N-dealkylation sites (N-methyl/N-ethyl adjacent to an activating group) is 1. The van der Waals surface area contributed by atoms with Gasteiger partial charge in [-0.05, 0) is 57.8 Å². The Morgan fingerprint density at radius 2 is 2.03 bits per heavy atom. The molecule has 1 saturated carbocycles. The zero-order valence-corrected chi connectivity index (χ0v) is 20.3. The Hall–Kier alpha value is -1.29. The summed E-state index contributed by atoms with van der Waals surface area (Å²) >= 11 is 0. The van der Waals surface area contributed by atoms with E-state index in [9.17, 15) is 9.90 Å². The van der Waals surface area contributed by atoms with Crippen molar-refractivity contribution >= 4 is 30.8 Å². The van der Waals surface area contributed by atoms with E-state index < -0.39 is 11.6 Å². The molecule has 0 amide bonds. The molecule has 5 rings (SSSR count). The fraction of sp³-hybridized carbons (Fsp3) is 0.682. The smallest absolute Gasteiger partial charge is 0.317 e. The second-order valence-electron chi connectivity index (χ2n) is 8.74. The van der Waals surface area contributed by atoms with Crippen LogP contribution in [0.3, 0.4) is 0 Å². The monoisotopic (exact) mass is 492 g/mol. The van der Waals surface area contributed by atoms with Crippen LogP contribution in [0.15, 0.2) is 12.1 Å². The number of carboxylic acid groups (broad SMARTS) is 1. The molecule has 0 radical (unpaired) electrons. The number of carbonyl (C=O) groups is 1. The van der Waals surface area contributed by atoms with Gasteiger partial charge in [-0.15, -0.1) is 24.8 Å². The number of aliphatic hydroxyl groups excluding tert-OH is 1. The van der Waals surface area contributed by atoms with E-state index in [0.717, 1.165) is 37.8 Å². The molecule has 5 atom stereocenters. The molecular formula is C22H34Cl2N2O6. The van der Waals surface area contributed by atoms with Gasteiger partial charge in [0.15, 0.2) is 11.5 Å². The van der Waals surface area contributed by atoms with Gasteiger partial charge in [0.2, 0.25) is 0 Å². The number of hydrogen-bond acceptors (Lipinski definition) is 7. The molecule has 4 aliphatic rings. The minimum Gasteiger partial charge on any atom is -0.504 e. The highest BCUT2D eigenvalue weighted by Crippen LogP contribution is 2.66. The van der Waals surface area contributed by atoms with E-state index in [4.69, 9.17) is 19.7 Å². The number of nitrogens with zero attached hydrogens (tertiary/aromatic N) is 1. The van der Waals surface area contributed by atoms with Gasteiger partial charge in [0.05, 0.1) is 17.6 Å². The normalized spacial score (nSPS) is 33.4. The molecule has 1 saturated heterocycles. The van der Waals surface area contributed by atoms with Gasteiger partial charge in [-0.3, -0.25) is 4.79 Å². The van der Waals surface area contributed by atoms with Gasteiger partial charge < -0.3 is 35.0 Å². The number of hydrogen-bond donors (Lipinski definition) is 4. The predicted molar refractivity (Wildman–Crippen MR) is 125 cm³/mol. The van der Waals surface area contributed by atoms with E-state index >= 15 is 0 Å². The van der Waals surface area contributed by atoms with E-state index in [-0.39, 0.29) is 67.3 Å².